The van der Waals surface area contributed by atoms with Gasteiger partial charge in [0.1, 0.15) is 0 Å². The number of aromatic nitrogens is 3. The topological polar surface area (TPSA) is 67.9 Å². The van der Waals surface area contributed by atoms with Crippen LogP contribution in [-0.2, 0) is 0 Å². The Morgan fingerprint density at radius 1 is 1.16 bits per heavy atom. The van der Waals surface area contributed by atoms with Crippen molar-refractivity contribution in [1.29, 1.82) is 0 Å². The minimum Gasteiger partial charge on any atom is -0.368 e. The highest BCUT2D eigenvalue weighted by atomic mass is 35.5. The first-order valence-electron chi connectivity index (χ1n) is 6.16. The maximum absolute atomic E-state index is 5.98. The van der Waals surface area contributed by atoms with Crippen LogP contribution in [0, 0.1) is 0 Å². The van der Waals surface area contributed by atoms with Gasteiger partial charge < -0.3 is 10.6 Å². The van der Waals surface area contributed by atoms with Crippen molar-refractivity contribution in [2.75, 3.05) is 23.7 Å². The maximum atomic E-state index is 5.98. The minimum atomic E-state index is 0.215. The fourth-order valence-corrected chi connectivity index (χ4v) is 1.98. The SMILES string of the molecule is CCN(CC)c1nc(N)nc(-c2cccc(Cl)c2)n1. The van der Waals surface area contributed by atoms with E-state index in [0.717, 1.165) is 18.7 Å². The Labute approximate surface area is 117 Å². The molecule has 0 saturated heterocycles. The molecule has 0 aliphatic heterocycles. The third-order valence-corrected chi connectivity index (χ3v) is 3.01. The highest BCUT2D eigenvalue weighted by Gasteiger charge is 2.11. The lowest BCUT2D eigenvalue weighted by molar-refractivity contribution is 0.816. The number of nitrogens with zero attached hydrogens (tertiary/aromatic N) is 4. The zero-order chi connectivity index (χ0) is 13.8. The van der Waals surface area contributed by atoms with Gasteiger partial charge in [-0.1, -0.05) is 23.7 Å². The number of nitrogens with two attached hydrogens (primary N) is 1. The van der Waals surface area contributed by atoms with Crippen molar-refractivity contribution in [1.82, 2.24) is 15.0 Å². The second-order valence-corrected chi connectivity index (χ2v) is 4.44. The van der Waals surface area contributed by atoms with Gasteiger partial charge in [-0.15, -0.1) is 0 Å². The lowest BCUT2D eigenvalue weighted by Gasteiger charge is -2.18. The van der Waals surface area contributed by atoms with Gasteiger partial charge in [-0.25, -0.2) is 0 Å². The molecule has 2 N–H and O–H groups in total. The van der Waals surface area contributed by atoms with Gasteiger partial charge in [-0.3, -0.25) is 0 Å². The summed E-state index contributed by atoms with van der Waals surface area (Å²) in [6.45, 7) is 5.72. The molecule has 0 aliphatic carbocycles. The van der Waals surface area contributed by atoms with Gasteiger partial charge in [-0.2, -0.15) is 15.0 Å². The Balaban J connectivity index is 2.47. The van der Waals surface area contributed by atoms with Crippen LogP contribution in [0.1, 0.15) is 13.8 Å². The van der Waals surface area contributed by atoms with Gasteiger partial charge in [-0.05, 0) is 26.0 Å². The zero-order valence-corrected chi connectivity index (χ0v) is 11.7. The molecule has 1 heterocycles. The van der Waals surface area contributed by atoms with Crippen LogP contribution in [0.4, 0.5) is 11.9 Å². The number of halogens is 1. The van der Waals surface area contributed by atoms with Gasteiger partial charge in [0.25, 0.3) is 0 Å². The number of anilines is 2. The highest BCUT2D eigenvalue weighted by molar-refractivity contribution is 6.30. The molecule has 0 atom stereocenters. The normalized spacial score (nSPS) is 10.5. The number of hydrogen-bond donors (Lipinski definition) is 1. The largest absolute Gasteiger partial charge is 0.368 e. The van der Waals surface area contributed by atoms with Crippen LogP contribution in [0.15, 0.2) is 24.3 Å². The Kier molecular flexibility index (Phi) is 4.16. The summed E-state index contributed by atoms with van der Waals surface area (Å²) in [5, 5.41) is 0.640. The minimum absolute atomic E-state index is 0.215. The molecule has 0 amide bonds. The number of benzene rings is 1. The molecule has 6 heteroatoms. The summed E-state index contributed by atoms with van der Waals surface area (Å²) in [6.07, 6.45) is 0. The first-order chi connectivity index (χ1) is 9.13. The van der Waals surface area contributed by atoms with E-state index in [-0.39, 0.29) is 5.95 Å². The molecule has 1 aromatic carbocycles. The highest BCUT2D eigenvalue weighted by Crippen LogP contribution is 2.21. The van der Waals surface area contributed by atoms with E-state index in [4.69, 9.17) is 17.3 Å². The quantitative estimate of drug-likeness (QED) is 0.930. The third-order valence-electron chi connectivity index (χ3n) is 2.77. The summed E-state index contributed by atoms with van der Waals surface area (Å²) in [5.74, 6) is 1.34. The van der Waals surface area contributed by atoms with Crippen molar-refractivity contribution in [2.24, 2.45) is 0 Å². The van der Waals surface area contributed by atoms with Gasteiger partial charge in [0.05, 0.1) is 0 Å². The average molecular weight is 278 g/mol. The van der Waals surface area contributed by atoms with Crippen LogP contribution in [-0.4, -0.2) is 28.0 Å². The van der Waals surface area contributed by atoms with Crippen molar-refractivity contribution >= 4 is 23.5 Å². The predicted octanol–water partition coefficient (Wildman–Crippen LogP) is 2.62. The van der Waals surface area contributed by atoms with E-state index in [9.17, 15) is 0 Å². The summed E-state index contributed by atoms with van der Waals surface area (Å²) in [5.41, 5.74) is 6.59. The van der Waals surface area contributed by atoms with Gasteiger partial charge in [0, 0.05) is 23.7 Å². The molecular weight excluding hydrogens is 262 g/mol. The van der Waals surface area contributed by atoms with E-state index in [0.29, 0.717) is 16.8 Å². The van der Waals surface area contributed by atoms with Crippen LogP contribution in [0.5, 0.6) is 0 Å². The molecule has 5 nitrogen and oxygen atoms in total. The van der Waals surface area contributed by atoms with E-state index >= 15 is 0 Å². The molecule has 1 aromatic heterocycles. The van der Waals surface area contributed by atoms with Crippen molar-refractivity contribution in [3.05, 3.63) is 29.3 Å². The van der Waals surface area contributed by atoms with E-state index < -0.39 is 0 Å². The monoisotopic (exact) mass is 277 g/mol. The second-order valence-electron chi connectivity index (χ2n) is 4.00. The molecule has 19 heavy (non-hydrogen) atoms. The van der Waals surface area contributed by atoms with Gasteiger partial charge >= 0.3 is 0 Å². The van der Waals surface area contributed by atoms with Gasteiger partial charge in [0.15, 0.2) is 5.82 Å². The second kappa shape index (κ2) is 5.84. The molecule has 100 valence electrons. The van der Waals surface area contributed by atoms with Crippen LogP contribution in [0.3, 0.4) is 0 Å². The average Bonchev–Trinajstić information content (AvgIpc) is 2.39. The van der Waals surface area contributed by atoms with Crippen LogP contribution >= 0.6 is 11.6 Å². The molecule has 0 fully saturated rings. The molecule has 2 rings (SSSR count). The van der Waals surface area contributed by atoms with Crippen LogP contribution in [0.25, 0.3) is 11.4 Å². The Bertz CT molecular complexity index is 569. The molecule has 0 spiro atoms. The molecule has 0 unspecified atom stereocenters. The fraction of sp³-hybridized carbons (Fsp3) is 0.308. The van der Waals surface area contributed by atoms with Crippen molar-refractivity contribution in [2.45, 2.75) is 13.8 Å². The van der Waals surface area contributed by atoms with Crippen molar-refractivity contribution < 1.29 is 0 Å². The van der Waals surface area contributed by atoms with E-state index in [1.807, 2.05) is 36.9 Å². The van der Waals surface area contributed by atoms with E-state index in [1.165, 1.54) is 0 Å². The smallest absolute Gasteiger partial charge is 0.230 e. The first kappa shape index (κ1) is 13.5. The predicted molar refractivity (Wildman–Crippen MR) is 78.2 cm³/mol. The molecule has 0 saturated carbocycles. The van der Waals surface area contributed by atoms with E-state index in [1.54, 1.807) is 6.07 Å². The summed E-state index contributed by atoms with van der Waals surface area (Å²) in [7, 11) is 0. The summed E-state index contributed by atoms with van der Waals surface area (Å²) < 4.78 is 0. The van der Waals surface area contributed by atoms with Crippen molar-refractivity contribution in [3.8, 4) is 11.4 Å². The Morgan fingerprint density at radius 3 is 2.53 bits per heavy atom. The molecule has 0 radical (unpaired) electrons. The Hall–Kier alpha value is -1.88. The lowest BCUT2D eigenvalue weighted by Crippen LogP contribution is -2.25. The molecule has 2 aromatic rings. The summed E-state index contributed by atoms with van der Waals surface area (Å²) in [4.78, 5) is 14.8. The fourth-order valence-electron chi connectivity index (χ4n) is 1.79. The van der Waals surface area contributed by atoms with Crippen LogP contribution in [0.2, 0.25) is 5.02 Å². The molecular formula is C13H16ClN5. The number of nitrogen functional groups attached to an aromatic ring is 1. The molecule has 0 bridgehead atoms. The summed E-state index contributed by atoms with van der Waals surface area (Å²) >= 11 is 5.98. The lowest BCUT2D eigenvalue weighted by atomic mass is 10.2. The number of hydrogen-bond acceptors (Lipinski definition) is 5. The first-order valence-corrected chi connectivity index (χ1v) is 6.54. The summed E-state index contributed by atoms with van der Waals surface area (Å²) in [6, 6.07) is 7.37. The van der Waals surface area contributed by atoms with Crippen LogP contribution < -0.4 is 10.6 Å². The standard InChI is InChI=1S/C13H16ClN5/c1-3-19(4-2)13-17-11(16-12(15)18-13)9-6-5-7-10(14)8-9/h5-8H,3-4H2,1-2H3,(H2,15,16,17,18). The Morgan fingerprint density at radius 2 is 1.89 bits per heavy atom. The zero-order valence-electron chi connectivity index (χ0n) is 11.0. The third kappa shape index (κ3) is 3.12. The van der Waals surface area contributed by atoms with Crippen molar-refractivity contribution in [3.63, 3.8) is 0 Å². The maximum Gasteiger partial charge on any atom is 0.230 e. The molecule has 0 aliphatic rings. The van der Waals surface area contributed by atoms with E-state index in [2.05, 4.69) is 15.0 Å². The van der Waals surface area contributed by atoms with Gasteiger partial charge in [0.2, 0.25) is 11.9 Å². The number of rotatable bonds is 4.